The van der Waals surface area contributed by atoms with Crippen LogP contribution in [0.1, 0.15) is 23.1 Å². The lowest BCUT2D eigenvalue weighted by Crippen LogP contribution is -2.13. The van der Waals surface area contributed by atoms with Crippen LogP contribution >= 0.6 is 0 Å². The first-order chi connectivity index (χ1) is 9.18. The van der Waals surface area contributed by atoms with Crippen molar-refractivity contribution in [2.45, 2.75) is 25.2 Å². The van der Waals surface area contributed by atoms with E-state index in [-0.39, 0.29) is 18.1 Å². The zero-order valence-electron chi connectivity index (χ0n) is 10.1. The molecule has 1 aromatic rings. The van der Waals surface area contributed by atoms with E-state index < -0.39 is 23.5 Å². The summed E-state index contributed by atoms with van der Waals surface area (Å²) in [6.45, 7) is 0. The normalized spacial score (nSPS) is 15.6. The van der Waals surface area contributed by atoms with Crippen molar-refractivity contribution in [3.63, 3.8) is 0 Å². The van der Waals surface area contributed by atoms with Crippen LogP contribution in [0.5, 0.6) is 0 Å². The van der Waals surface area contributed by atoms with E-state index in [4.69, 9.17) is 0 Å². The minimum Gasteiger partial charge on any atom is -0.166 e. The standard InChI is InChI=1S/C14H10F6/c15-13(16,17)11-6-5-10(7-9-3-1-2-4-9)12(8-11)14(18,19)20/h1,3-6,8H,2,7H2. The summed E-state index contributed by atoms with van der Waals surface area (Å²) in [7, 11) is 0. The van der Waals surface area contributed by atoms with Gasteiger partial charge in [-0.15, -0.1) is 0 Å². The molecule has 6 heteroatoms. The first kappa shape index (κ1) is 14.7. The highest BCUT2D eigenvalue weighted by atomic mass is 19.4. The van der Waals surface area contributed by atoms with Gasteiger partial charge in [0, 0.05) is 0 Å². The van der Waals surface area contributed by atoms with E-state index in [0.717, 1.165) is 6.07 Å². The number of hydrogen-bond acceptors (Lipinski definition) is 0. The Labute approximate surface area is 111 Å². The Kier molecular flexibility index (Phi) is 3.67. The number of rotatable bonds is 2. The molecule has 0 radical (unpaired) electrons. The van der Waals surface area contributed by atoms with Gasteiger partial charge >= 0.3 is 12.4 Å². The summed E-state index contributed by atoms with van der Waals surface area (Å²) in [4.78, 5) is 0. The van der Waals surface area contributed by atoms with E-state index in [1.54, 1.807) is 18.2 Å². The van der Waals surface area contributed by atoms with Crippen molar-refractivity contribution in [2.75, 3.05) is 0 Å². The molecule has 0 atom stereocenters. The first-order valence-electron chi connectivity index (χ1n) is 5.81. The Morgan fingerprint density at radius 1 is 0.950 bits per heavy atom. The summed E-state index contributed by atoms with van der Waals surface area (Å²) >= 11 is 0. The second-order valence-corrected chi connectivity index (χ2v) is 4.46. The van der Waals surface area contributed by atoms with Crippen molar-refractivity contribution < 1.29 is 26.3 Å². The number of benzene rings is 1. The van der Waals surface area contributed by atoms with E-state index >= 15 is 0 Å². The molecule has 0 aromatic heterocycles. The van der Waals surface area contributed by atoms with Crippen LogP contribution in [0.25, 0.3) is 0 Å². The molecular weight excluding hydrogens is 282 g/mol. The summed E-state index contributed by atoms with van der Waals surface area (Å²) in [5, 5.41) is 0. The fourth-order valence-electron chi connectivity index (χ4n) is 2.03. The molecule has 0 bridgehead atoms. The van der Waals surface area contributed by atoms with Crippen LogP contribution in [0, 0.1) is 0 Å². The van der Waals surface area contributed by atoms with Crippen molar-refractivity contribution in [3.8, 4) is 0 Å². The molecule has 0 N–H and O–H groups in total. The van der Waals surface area contributed by atoms with Crippen LogP contribution in [0.2, 0.25) is 0 Å². The van der Waals surface area contributed by atoms with E-state index in [1.165, 1.54) is 0 Å². The molecule has 1 aromatic carbocycles. The third kappa shape index (κ3) is 3.23. The molecule has 0 fully saturated rings. The molecule has 0 saturated heterocycles. The molecule has 0 spiro atoms. The van der Waals surface area contributed by atoms with E-state index in [2.05, 4.69) is 0 Å². The predicted octanol–water partition coefficient (Wildman–Crippen LogP) is 5.15. The highest BCUT2D eigenvalue weighted by molar-refractivity contribution is 5.40. The number of alkyl halides is 6. The molecule has 0 heterocycles. The molecule has 0 saturated carbocycles. The molecule has 108 valence electrons. The first-order valence-corrected chi connectivity index (χ1v) is 5.81. The summed E-state index contributed by atoms with van der Waals surface area (Å²) < 4.78 is 76.2. The van der Waals surface area contributed by atoms with Gasteiger partial charge in [-0.2, -0.15) is 26.3 Å². The fraction of sp³-hybridized carbons (Fsp3) is 0.286. The van der Waals surface area contributed by atoms with Gasteiger partial charge in [-0.05, 0) is 36.1 Å². The van der Waals surface area contributed by atoms with Gasteiger partial charge < -0.3 is 0 Å². The maximum atomic E-state index is 12.9. The monoisotopic (exact) mass is 292 g/mol. The van der Waals surface area contributed by atoms with Crippen LogP contribution in [-0.2, 0) is 18.8 Å². The highest BCUT2D eigenvalue weighted by Crippen LogP contribution is 2.38. The smallest absolute Gasteiger partial charge is 0.166 e. The Balaban J connectivity index is 2.43. The van der Waals surface area contributed by atoms with Crippen LogP contribution in [-0.4, -0.2) is 0 Å². The van der Waals surface area contributed by atoms with Gasteiger partial charge in [0.05, 0.1) is 11.1 Å². The van der Waals surface area contributed by atoms with Gasteiger partial charge in [-0.1, -0.05) is 24.3 Å². The lowest BCUT2D eigenvalue weighted by Gasteiger charge is -2.16. The Bertz CT molecular complexity index is 560. The molecule has 0 aliphatic heterocycles. The van der Waals surface area contributed by atoms with E-state index in [1.807, 2.05) is 0 Å². The maximum Gasteiger partial charge on any atom is 0.416 e. The van der Waals surface area contributed by atoms with Crippen molar-refractivity contribution in [1.29, 1.82) is 0 Å². The Hall–Kier alpha value is -1.72. The molecule has 0 nitrogen and oxygen atoms in total. The van der Waals surface area contributed by atoms with Crippen molar-refractivity contribution in [3.05, 3.63) is 58.7 Å². The van der Waals surface area contributed by atoms with Gasteiger partial charge in [0.2, 0.25) is 0 Å². The van der Waals surface area contributed by atoms with Crippen molar-refractivity contribution in [1.82, 2.24) is 0 Å². The minimum absolute atomic E-state index is 0.0243. The largest absolute Gasteiger partial charge is 0.416 e. The molecular formula is C14H10F6. The second kappa shape index (κ2) is 5.00. The molecule has 0 unspecified atom stereocenters. The topological polar surface area (TPSA) is 0 Å². The third-order valence-electron chi connectivity index (χ3n) is 2.99. The Morgan fingerprint density at radius 3 is 2.15 bits per heavy atom. The zero-order valence-corrected chi connectivity index (χ0v) is 10.1. The van der Waals surface area contributed by atoms with Gasteiger partial charge in [0.15, 0.2) is 0 Å². The molecule has 0 amide bonds. The van der Waals surface area contributed by atoms with Crippen LogP contribution in [0.15, 0.2) is 42.0 Å². The molecule has 1 aliphatic rings. The number of hydrogen-bond donors (Lipinski definition) is 0. The summed E-state index contributed by atoms with van der Waals surface area (Å²) in [6.07, 6.45) is -3.77. The highest BCUT2D eigenvalue weighted by Gasteiger charge is 2.38. The third-order valence-corrected chi connectivity index (χ3v) is 2.99. The maximum absolute atomic E-state index is 12.9. The lowest BCUT2D eigenvalue weighted by molar-refractivity contribution is -0.143. The quantitative estimate of drug-likeness (QED) is 0.661. The molecule has 1 aliphatic carbocycles. The van der Waals surface area contributed by atoms with E-state index in [0.29, 0.717) is 18.1 Å². The minimum atomic E-state index is -4.81. The van der Waals surface area contributed by atoms with Gasteiger partial charge in [-0.25, -0.2) is 0 Å². The summed E-state index contributed by atoms with van der Waals surface area (Å²) in [5.41, 5.74) is -1.99. The number of halogens is 6. The predicted molar refractivity (Wildman–Crippen MR) is 62.0 cm³/mol. The average molecular weight is 292 g/mol. The van der Waals surface area contributed by atoms with Gasteiger partial charge in [-0.3, -0.25) is 0 Å². The van der Waals surface area contributed by atoms with Gasteiger partial charge in [0.25, 0.3) is 0 Å². The Morgan fingerprint density at radius 2 is 1.65 bits per heavy atom. The summed E-state index contributed by atoms with van der Waals surface area (Å²) in [6, 6.07) is 1.76. The average Bonchev–Trinajstić information content (AvgIpc) is 2.79. The fourth-order valence-corrected chi connectivity index (χ4v) is 2.03. The van der Waals surface area contributed by atoms with Gasteiger partial charge in [0.1, 0.15) is 0 Å². The molecule has 2 rings (SSSR count). The lowest BCUT2D eigenvalue weighted by atomic mass is 9.97. The van der Waals surface area contributed by atoms with Crippen LogP contribution < -0.4 is 0 Å². The SMILES string of the molecule is FC(F)(F)c1ccc(CC2=CCC=C2)c(C(F)(F)F)c1. The zero-order chi connectivity index (χ0) is 15.0. The second-order valence-electron chi connectivity index (χ2n) is 4.46. The molecule has 20 heavy (non-hydrogen) atoms. The van der Waals surface area contributed by atoms with Crippen molar-refractivity contribution in [2.24, 2.45) is 0 Å². The van der Waals surface area contributed by atoms with Crippen molar-refractivity contribution >= 4 is 0 Å². The van der Waals surface area contributed by atoms with E-state index in [9.17, 15) is 26.3 Å². The number of allylic oxidation sites excluding steroid dienone is 4. The van der Waals surface area contributed by atoms with Crippen LogP contribution in [0.3, 0.4) is 0 Å². The summed E-state index contributed by atoms with van der Waals surface area (Å²) in [5.74, 6) is 0. The van der Waals surface area contributed by atoms with Crippen LogP contribution in [0.4, 0.5) is 26.3 Å².